The van der Waals surface area contributed by atoms with Gasteiger partial charge in [0.05, 0.1) is 5.60 Å². The maximum absolute atomic E-state index is 6.03. The Hall–Kier alpha value is -0.0400. The summed E-state index contributed by atoms with van der Waals surface area (Å²) < 4.78 is 6.03. The van der Waals surface area contributed by atoms with Crippen molar-refractivity contribution in [1.82, 2.24) is 0 Å². The maximum Gasteiger partial charge on any atom is 0.0716 e. The van der Waals surface area contributed by atoms with Gasteiger partial charge in [-0.15, -0.1) is 0 Å². The van der Waals surface area contributed by atoms with E-state index in [4.69, 9.17) is 4.74 Å². The first-order chi connectivity index (χ1) is 6.32. The lowest BCUT2D eigenvalue weighted by Crippen LogP contribution is -2.64. The molecule has 2 saturated carbocycles. The van der Waals surface area contributed by atoms with Crippen LogP contribution in [-0.4, -0.2) is 12.2 Å². The fourth-order valence-corrected chi connectivity index (χ4v) is 4.24. The van der Waals surface area contributed by atoms with Crippen molar-refractivity contribution >= 4 is 0 Å². The highest BCUT2D eigenvalue weighted by atomic mass is 16.5. The third-order valence-corrected chi connectivity index (χ3v) is 4.88. The van der Waals surface area contributed by atoms with Crippen LogP contribution in [0.1, 0.15) is 45.4 Å². The fraction of sp³-hybridized carbons (Fsp3) is 1.00. The third kappa shape index (κ3) is 0.971. The SMILES string of the molecule is C[C@]12OCCC[C@H]1[C@H]1CCCC[C@H]12. The van der Waals surface area contributed by atoms with E-state index in [1.807, 2.05) is 0 Å². The average Bonchev–Trinajstić information content (AvgIpc) is 2.17. The van der Waals surface area contributed by atoms with Gasteiger partial charge < -0.3 is 4.74 Å². The predicted octanol–water partition coefficient (Wildman–Crippen LogP) is 2.99. The maximum atomic E-state index is 6.03. The minimum Gasteiger partial charge on any atom is -0.375 e. The van der Waals surface area contributed by atoms with Gasteiger partial charge in [0.1, 0.15) is 0 Å². The van der Waals surface area contributed by atoms with E-state index in [0.717, 1.165) is 24.4 Å². The number of rotatable bonds is 0. The third-order valence-electron chi connectivity index (χ3n) is 4.88. The molecule has 0 unspecified atom stereocenters. The van der Waals surface area contributed by atoms with E-state index in [0.29, 0.717) is 5.60 Å². The normalized spacial score (nSPS) is 54.7. The second-order valence-electron chi connectivity index (χ2n) is 5.34. The summed E-state index contributed by atoms with van der Waals surface area (Å²) in [7, 11) is 0. The van der Waals surface area contributed by atoms with Crippen LogP contribution in [0.5, 0.6) is 0 Å². The van der Waals surface area contributed by atoms with E-state index in [1.165, 1.54) is 38.5 Å². The average molecular weight is 180 g/mol. The molecule has 1 saturated heterocycles. The molecule has 1 nitrogen and oxygen atoms in total. The molecule has 74 valence electrons. The van der Waals surface area contributed by atoms with Crippen molar-refractivity contribution in [2.45, 2.75) is 51.0 Å². The van der Waals surface area contributed by atoms with Gasteiger partial charge in [-0.25, -0.2) is 0 Å². The Morgan fingerprint density at radius 2 is 1.69 bits per heavy atom. The molecule has 3 fully saturated rings. The van der Waals surface area contributed by atoms with E-state index in [2.05, 4.69) is 6.92 Å². The van der Waals surface area contributed by atoms with Crippen LogP contribution in [0.4, 0.5) is 0 Å². The fourth-order valence-electron chi connectivity index (χ4n) is 4.24. The molecule has 3 rings (SSSR count). The Morgan fingerprint density at radius 1 is 1.00 bits per heavy atom. The quantitative estimate of drug-likeness (QED) is 0.557. The predicted molar refractivity (Wildman–Crippen MR) is 52.5 cm³/mol. The van der Waals surface area contributed by atoms with Crippen LogP contribution >= 0.6 is 0 Å². The highest BCUT2D eigenvalue weighted by molar-refractivity contribution is 5.09. The zero-order valence-corrected chi connectivity index (χ0v) is 8.59. The molecule has 0 aromatic heterocycles. The molecule has 3 aliphatic rings. The van der Waals surface area contributed by atoms with Crippen LogP contribution in [0.2, 0.25) is 0 Å². The van der Waals surface area contributed by atoms with Crippen molar-refractivity contribution in [3.63, 3.8) is 0 Å². The van der Waals surface area contributed by atoms with E-state index in [-0.39, 0.29) is 0 Å². The molecule has 2 aliphatic carbocycles. The van der Waals surface area contributed by atoms with Crippen LogP contribution in [0.25, 0.3) is 0 Å². The molecular weight excluding hydrogens is 160 g/mol. The van der Waals surface area contributed by atoms with Gasteiger partial charge in [0.15, 0.2) is 0 Å². The van der Waals surface area contributed by atoms with Crippen LogP contribution in [0.15, 0.2) is 0 Å². The van der Waals surface area contributed by atoms with Gasteiger partial charge in [-0.1, -0.05) is 12.8 Å². The number of hydrogen-bond acceptors (Lipinski definition) is 1. The van der Waals surface area contributed by atoms with Crippen LogP contribution in [0.3, 0.4) is 0 Å². The van der Waals surface area contributed by atoms with Gasteiger partial charge in [-0.2, -0.15) is 0 Å². The molecule has 1 aliphatic heterocycles. The lowest BCUT2D eigenvalue weighted by Gasteiger charge is -2.63. The Kier molecular flexibility index (Phi) is 1.74. The summed E-state index contributed by atoms with van der Waals surface area (Å²) >= 11 is 0. The highest BCUT2D eigenvalue weighted by Crippen LogP contribution is 2.60. The van der Waals surface area contributed by atoms with Gasteiger partial charge in [0.2, 0.25) is 0 Å². The van der Waals surface area contributed by atoms with Crippen LogP contribution in [-0.2, 0) is 4.74 Å². The first-order valence-electron chi connectivity index (χ1n) is 5.96. The van der Waals surface area contributed by atoms with Gasteiger partial charge in [-0.05, 0) is 50.4 Å². The molecule has 0 radical (unpaired) electrons. The highest BCUT2D eigenvalue weighted by Gasteiger charge is 2.60. The van der Waals surface area contributed by atoms with Gasteiger partial charge >= 0.3 is 0 Å². The first kappa shape index (κ1) is 8.28. The molecule has 0 bridgehead atoms. The topological polar surface area (TPSA) is 9.23 Å². The van der Waals surface area contributed by atoms with Crippen molar-refractivity contribution in [2.24, 2.45) is 17.8 Å². The Bertz CT molecular complexity index is 199. The molecular formula is C12H20O. The second kappa shape index (κ2) is 2.73. The summed E-state index contributed by atoms with van der Waals surface area (Å²) in [4.78, 5) is 0. The molecule has 0 spiro atoms. The summed E-state index contributed by atoms with van der Waals surface area (Å²) in [5.74, 6) is 2.89. The lowest BCUT2D eigenvalue weighted by molar-refractivity contribution is -0.254. The summed E-state index contributed by atoms with van der Waals surface area (Å²) in [5, 5.41) is 0. The minimum atomic E-state index is 0.309. The molecule has 1 heteroatoms. The zero-order valence-electron chi connectivity index (χ0n) is 8.59. The Morgan fingerprint density at radius 3 is 2.54 bits per heavy atom. The largest absolute Gasteiger partial charge is 0.375 e. The molecule has 0 aromatic rings. The summed E-state index contributed by atoms with van der Waals surface area (Å²) in [6.07, 6.45) is 8.62. The summed E-state index contributed by atoms with van der Waals surface area (Å²) in [5.41, 5.74) is 0.309. The van der Waals surface area contributed by atoms with E-state index >= 15 is 0 Å². The number of hydrogen-bond donors (Lipinski definition) is 0. The molecule has 13 heavy (non-hydrogen) atoms. The summed E-state index contributed by atoms with van der Waals surface area (Å²) in [6.45, 7) is 3.40. The number of ether oxygens (including phenoxy) is 1. The Balaban J connectivity index is 1.82. The van der Waals surface area contributed by atoms with Crippen molar-refractivity contribution < 1.29 is 4.74 Å². The first-order valence-corrected chi connectivity index (χ1v) is 5.96. The number of fused-ring (bicyclic) bond motifs is 4. The molecule has 4 atom stereocenters. The summed E-state index contributed by atoms with van der Waals surface area (Å²) in [6, 6.07) is 0. The minimum absolute atomic E-state index is 0.309. The van der Waals surface area contributed by atoms with Crippen LogP contribution in [0, 0.1) is 17.8 Å². The monoisotopic (exact) mass is 180 g/mol. The second-order valence-corrected chi connectivity index (χ2v) is 5.34. The van der Waals surface area contributed by atoms with Crippen molar-refractivity contribution in [3.8, 4) is 0 Å². The molecule has 0 amide bonds. The van der Waals surface area contributed by atoms with Crippen molar-refractivity contribution in [1.29, 1.82) is 0 Å². The van der Waals surface area contributed by atoms with E-state index < -0.39 is 0 Å². The van der Waals surface area contributed by atoms with Gasteiger partial charge in [0, 0.05) is 6.61 Å². The van der Waals surface area contributed by atoms with Gasteiger partial charge in [-0.3, -0.25) is 0 Å². The molecule has 0 aromatic carbocycles. The molecule has 1 heterocycles. The standard InChI is InChI=1S/C12H20O/c1-12-10-6-3-2-5-9(10)11(12)7-4-8-13-12/h9-11H,2-8H2,1H3/t9-,10+,11-,12+/m0/s1. The van der Waals surface area contributed by atoms with E-state index in [9.17, 15) is 0 Å². The zero-order chi connectivity index (χ0) is 8.89. The van der Waals surface area contributed by atoms with Crippen LogP contribution < -0.4 is 0 Å². The van der Waals surface area contributed by atoms with Gasteiger partial charge in [0.25, 0.3) is 0 Å². The Labute approximate surface area is 80.8 Å². The van der Waals surface area contributed by atoms with Crippen molar-refractivity contribution in [3.05, 3.63) is 0 Å². The van der Waals surface area contributed by atoms with E-state index in [1.54, 1.807) is 0 Å². The lowest BCUT2D eigenvalue weighted by atomic mass is 9.48. The molecule has 0 N–H and O–H groups in total. The van der Waals surface area contributed by atoms with Crippen molar-refractivity contribution in [2.75, 3.05) is 6.61 Å². The smallest absolute Gasteiger partial charge is 0.0716 e.